The van der Waals surface area contributed by atoms with Crippen LogP contribution in [0.3, 0.4) is 0 Å². The Morgan fingerprint density at radius 3 is 2.68 bits per heavy atom. The highest BCUT2D eigenvalue weighted by Crippen LogP contribution is 2.30. The van der Waals surface area contributed by atoms with Crippen molar-refractivity contribution in [1.82, 2.24) is 5.32 Å². The lowest BCUT2D eigenvalue weighted by Gasteiger charge is -2.18. The SMILES string of the molecule is O=C(CNC1CCCC1)c1ccc2c(c1)OCCO2. The van der Waals surface area contributed by atoms with Gasteiger partial charge in [-0.2, -0.15) is 0 Å². The maximum absolute atomic E-state index is 12.1. The van der Waals surface area contributed by atoms with Gasteiger partial charge in [0.2, 0.25) is 0 Å². The predicted molar refractivity (Wildman–Crippen MR) is 72.0 cm³/mol. The first-order chi connectivity index (χ1) is 9.33. The average molecular weight is 261 g/mol. The van der Waals surface area contributed by atoms with E-state index in [0.717, 1.165) is 5.75 Å². The Bertz CT molecular complexity index is 466. The van der Waals surface area contributed by atoms with Crippen LogP contribution in [0.1, 0.15) is 36.0 Å². The Labute approximate surface area is 113 Å². The first-order valence-corrected chi connectivity index (χ1v) is 6.99. The lowest BCUT2D eigenvalue weighted by atomic mass is 10.1. The van der Waals surface area contributed by atoms with Gasteiger partial charge in [-0.3, -0.25) is 4.79 Å². The second kappa shape index (κ2) is 5.61. The van der Waals surface area contributed by atoms with Crippen molar-refractivity contribution in [1.29, 1.82) is 0 Å². The summed E-state index contributed by atoms with van der Waals surface area (Å²) in [7, 11) is 0. The smallest absolute Gasteiger partial charge is 0.176 e. The molecule has 3 rings (SSSR count). The van der Waals surface area contributed by atoms with Gasteiger partial charge in [-0.05, 0) is 31.0 Å². The van der Waals surface area contributed by atoms with Gasteiger partial charge in [0.1, 0.15) is 13.2 Å². The van der Waals surface area contributed by atoms with E-state index in [-0.39, 0.29) is 5.78 Å². The Morgan fingerprint density at radius 2 is 1.89 bits per heavy atom. The normalized spacial score (nSPS) is 18.5. The Kier molecular flexibility index (Phi) is 3.69. The van der Waals surface area contributed by atoms with Crippen LogP contribution in [0.25, 0.3) is 0 Å². The van der Waals surface area contributed by atoms with Crippen molar-refractivity contribution >= 4 is 5.78 Å². The standard InChI is InChI=1S/C15H19NO3/c17-13(10-16-12-3-1-2-4-12)11-5-6-14-15(9-11)19-8-7-18-14/h5-6,9,12,16H,1-4,7-8,10H2. The number of hydrogen-bond donors (Lipinski definition) is 1. The molecule has 0 radical (unpaired) electrons. The fourth-order valence-corrected chi connectivity index (χ4v) is 2.69. The van der Waals surface area contributed by atoms with Crippen LogP contribution in [0, 0.1) is 0 Å². The molecular weight excluding hydrogens is 242 g/mol. The van der Waals surface area contributed by atoms with Gasteiger partial charge in [-0.1, -0.05) is 12.8 Å². The summed E-state index contributed by atoms with van der Waals surface area (Å²) in [5.74, 6) is 1.52. The number of rotatable bonds is 4. The van der Waals surface area contributed by atoms with Gasteiger partial charge in [0, 0.05) is 11.6 Å². The van der Waals surface area contributed by atoms with E-state index in [0.29, 0.717) is 37.1 Å². The number of benzene rings is 1. The minimum atomic E-state index is 0.115. The van der Waals surface area contributed by atoms with Crippen LogP contribution in [0.15, 0.2) is 18.2 Å². The lowest BCUT2D eigenvalue weighted by Crippen LogP contribution is -2.31. The molecule has 0 saturated heterocycles. The molecular formula is C15H19NO3. The highest BCUT2D eigenvalue weighted by molar-refractivity contribution is 5.98. The van der Waals surface area contributed by atoms with Gasteiger partial charge >= 0.3 is 0 Å². The molecule has 0 amide bonds. The molecule has 1 aromatic rings. The molecule has 4 heteroatoms. The average Bonchev–Trinajstić information content (AvgIpc) is 2.97. The Morgan fingerprint density at radius 1 is 1.16 bits per heavy atom. The second-order valence-electron chi connectivity index (χ2n) is 5.14. The molecule has 0 unspecified atom stereocenters. The maximum atomic E-state index is 12.1. The molecule has 0 spiro atoms. The first-order valence-electron chi connectivity index (χ1n) is 6.99. The summed E-state index contributed by atoms with van der Waals surface area (Å²) in [5, 5.41) is 3.34. The summed E-state index contributed by atoms with van der Waals surface area (Å²) < 4.78 is 10.9. The van der Waals surface area contributed by atoms with E-state index in [1.54, 1.807) is 6.07 Å². The van der Waals surface area contributed by atoms with Crippen molar-refractivity contribution in [2.45, 2.75) is 31.7 Å². The third-order valence-electron chi connectivity index (χ3n) is 3.77. The van der Waals surface area contributed by atoms with E-state index in [4.69, 9.17) is 9.47 Å². The zero-order valence-corrected chi connectivity index (χ0v) is 11.0. The van der Waals surface area contributed by atoms with Crippen LogP contribution in [0.5, 0.6) is 11.5 Å². The van der Waals surface area contributed by atoms with E-state index in [1.807, 2.05) is 12.1 Å². The van der Waals surface area contributed by atoms with E-state index in [9.17, 15) is 4.79 Å². The summed E-state index contributed by atoms with van der Waals surface area (Å²) in [5.41, 5.74) is 0.690. The first kappa shape index (κ1) is 12.5. The summed E-state index contributed by atoms with van der Waals surface area (Å²) in [6.07, 6.45) is 4.93. The van der Waals surface area contributed by atoms with Gasteiger partial charge in [-0.15, -0.1) is 0 Å². The third-order valence-corrected chi connectivity index (χ3v) is 3.77. The molecule has 1 aliphatic carbocycles. The van der Waals surface area contributed by atoms with E-state index < -0.39 is 0 Å². The minimum Gasteiger partial charge on any atom is -0.486 e. The quantitative estimate of drug-likeness (QED) is 0.844. The van der Waals surface area contributed by atoms with Crippen molar-refractivity contribution in [3.8, 4) is 11.5 Å². The number of fused-ring (bicyclic) bond motifs is 1. The molecule has 0 aromatic heterocycles. The van der Waals surface area contributed by atoms with Crippen LogP contribution in [0.2, 0.25) is 0 Å². The monoisotopic (exact) mass is 261 g/mol. The highest BCUT2D eigenvalue weighted by Gasteiger charge is 2.18. The largest absolute Gasteiger partial charge is 0.486 e. The molecule has 1 fully saturated rings. The van der Waals surface area contributed by atoms with Crippen LogP contribution >= 0.6 is 0 Å². The van der Waals surface area contributed by atoms with Gasteiger partial charge in [0.25, 0.3) is 0 Å². The van der Waals surface area contributed by atoms with Gasteiger partial charge in [0.05, 0.1) is 6.54 Å². The fraction of sp³-hybridized carbons (Fsp3) is 0.533. The Balaban J connectivity index is 1.62. The van der Waals surface area contributed by atoms with Crippen molar-refractivity contribution in [2.24, 2.45) is 0 Å². The zero-order chi connectivity index (χ0) is 13.1. The molecule has 19 heavy (non-hydrogen) atoms. The molecule has 1 saturated carbocycles. The summed E-state index contributed by atoms with van der Waals surface area (Å²) in [6, 6.07) is 5.93. The number of nitrogens with one attached hydrogen (secondary N) is 1. The molecule has 1 aromatic carbocycles. The van der Waals surface area contributed by atoms with Gasteiger partial charge in [0.15, 0.2) is 17.3 Å². The molecule has 102 valence electrons. The lowest BCUT2D eigenvalue weighted by molar-refractivity contribution is 0.0986. The van der Waals surface area contributed by atoms with E-state index >= 15 is 0 Å². The number of carbonyl (C=O) groups excluding carboxylic acids is 1. The van der Waals surface area contributed by atoms with Crippen LogP contribution in [0.4, 0.5) is 0 Å². The minimum absolute atomic E-state index is 0.115. The molecule has 1 heterocycles. The van der Waals surface area contributed by atoms with Crippen LogP contribution in [-0.4, -0.2) is 31.6 Å². The number of Topliss-reactive ketones (excluding diaryl/α,β-unsaturated/α-hetero) is 1. The molecule has 0 bridgehead atoms. The van der Waals surface area contributed by atoms with Crippen molar-refractivity contribution in [3.63, 3.8) is 0 Å². The van der Waals surface area contributed by atoms with E-state index in [1.165, 1.54) is 25.7 Å². The number of hydrogen-bond acceptors (Lipinski definition) is 4. The molecule has 0 atom stereocenters. The van der Waals surface area contributed by atoms with Crippen molar-refractivity contribution in [2.75, 3.05) is 19.8 Å². The molecule has 2 aliphatic rings. The molecule has 1 aliphatic heterocycles. The maximum Gasteiger partial charge on any atom is 0.176 e. The third kappa shape index (κ3) is 2.89. The predicted octanol–water partition coefficient (Wildman–Crippen LogP) is 2.17. The number of carbonyl (C=O) groups is 1. The van der Waals surface area contributed by atoms with Gasteiger partial charge in [-0.25, -0.2) is 0 Å². The number of ketones is 1. The summed E-state index contributed by atoms with van der Waals surface area (Å²) in [6.45, 7) is 1.53. The fourth-order valence-electron chi connectivity index (χ4n) is 2.69. The second-order valence-corrected chi connectivity index (χ2v) is 5.14. The van der Waals surface area contributed by atoms with Crippen LogP contribution in [-0.2, 0) is 0 Å². The Hall–Kier alpha value is -1.55. The van der Waals surface area contributed by atoms with Crippen LogP contribution < -0.4 is 14.8 Å². The van der Waals surface area contributed by atoms with Crippen molar-refractivity contribution < 1.29 is 14.3 Å². The van der Waals surface area contributed by atoms with E-state index in [2.05, 4.69) is 5.32 Å². The van der Waals surface area contributed by atoms with Gasteiger partial charge < -0.3 is 14.8 Å². The highest BCUT2D eigenvalue weighted by atomic mass is 16.6. The zero-order valence-electron chi connectivity index (χ0n) is 11.0. The number of ether oxygens (including phenoxy) is 2. The topological polar surface area (TPSA) is 47.6 Å². The molecule has 1 N–H and O–H groups in total. The van der Waals surface area contributed by atoms with Crippen molar-refractivity contribution in [3.05, 3.63) is 23.8 Å². The molecule has 4 nitrogen and oxygen atoms in total. The summed E-state index contributed by atoms with van der Waals surface area (Å²) in [4.78, 5) is 12.1. The summed E-state index contributed by atoms with van der Waals surface area (Å²) >= 11 is 0.